The lowest BCUT2D eigenvalue weighted by atomic mass is 10.0. The first-order valence-electron chi connectivity index (χ1n) is 11.6. The molecule has 176 valence electrons. The number of ether oxygens (including phenoxy) is 2. The third kappa shape index (κ3) is 4.43. The van der Waals surface area contributed by atoms with Gasteiger partial charge in [0.15, 0.2) is 5.76 Å². The average molecular weight is 460 g/mol. The predicted octanol–water partition coefficient (Wildman–Crippen LogP) is 4.85. The Morgan fingerprint density at radius 2 is 1.79 bits per heavy atom. The quantitative estimate of drug-likeness (QED) is 0.395. The van der Waals surface area contributed by atoms with E-state index < -0.39 is 0 Å². The van der Waals surface area contributed by atoms with Gasteiger partial charge in [0.1, 0.15) is 23.9 Å². The van der Waals surface area contributed by atoms with Crippen LogP contribution in [0.5, 0.6) is 5.75 Å². The van der Waals surface area contributed by atoms with E-state index >= 15 is 0 Å². The van der Waals surface area contributed by atoms with Gasteiger partial charge >= 0.3 is 0 Å². The summed E-state index contributed by atoms with van der Waals surface area (Å²) in [5.41, 5.74) is 3.34. The highest BCUT2D eigenvalue weighted by Crippen LogP contribution is 2.31. The number of benzene rings is 2. The van der Waals surface area contributed by atoms with Gasteiger partial charge in [-0.25, -0.2) is 4.98 Å². The summed E-state index contributed by atoms with van der Waals surface area (Å²) in [5.74, 6) is 2.87. The molecule has 7 nitrogen and oxygen atoms in total. The second kappa shape index (κ2) is 9.73. The number of amides is 1. The molecule has 0 aliphatic carbocycles. The highest BCUT2D eigenvalue weighted by atomic mass is 16.5. The van der Waals surface area contributed by atoms with E-state index in [1.54, 1.807) is 26.4 Å². The van der Waals surface area contributed by atoms with Gasteiger partial charge in [-0.1, -0.05) is 24.3 Å². The number of imidazole rings is 1. The van der Waals surface area contributed by atoms with Crippen molar-refractivity contribution >= 4 is 16.9 Å². The van der Waals surface area contributed by atoms with Gasteiger partial charge in [0.25, 0.3) is 5.91 Å². The van der Waals surface area contributed by atoms with Crippen LogP contribution in [0.15, 0.2) is 65.1 Å². The maximum absolute atomic E-state index is 12.9. The van der Waals surface area contributed by atoms with Crippen LogP contribution < -0.4 is 4.74 Å². The highest BCUT2D eigenvalue weighted by molar-refractivity contribution is 5.91. The predicted molar refractivity (Wildman–Crippen MR) is 129 cm³/mol. The van der Waals surface area contributed by atoms with E-state index in [4.69, 9.17) is 18.9 Å². The standard InChI is InChI=1S/C27H29N3O4/c1-32-18-22-11-12-25(34-22)27(31)29-15-13-20(14-16-29)30-24-6-4-3-5-23(24)28-26(30)17-19-7-9-21(33-2)10-8-19/h3-12,20H,13-18H2,1-2H3. The van der Waals surface area contributed by atoms with E-state index in [1.807, 2.05) is 23.1 Å². The van der Waals surface area contributed by atoms with Crippen molar-refractivity contribution < 1.29 is 18.7 Å². The van der Waals surface area contributed by atoms with Crippen LogP contribution in [0.25, 0.3) is 11.0 Å². The Labute approximate surface area is 198 Å². The molecule has 5 rings (SSSR count). The molecular formula is C27H29N3O4. The van der Waals surface area contributed by atoms with Gasteiger partial charge < -0.3 is 23.4 Å². The third-order valence-electron chi connectivity index (χ3n) is 6.47. The Morgan fingerprint density at radius 3 is 2.53 bits per heavy atom. The van der Waals surface area contributed by atoms with Crippen LogP contribution in [0, 0.1) is 0 Å². The van der Waals surface area contributed by atoms with E-state index in [0.29, 0.717) is 31.2 Å². The molecule has 34 heavy (non-hydrogen) atoms. The van der Waals surface area contributed by atoms with Gasteiger partial charge in [-0.05, 0) is 54.8 Å². The number of nitrogens with zero attached hydrogens (tertiary/aromatic N) is 3. The number of carbonyl (C=O) groups excluding carboxylic acids is 1. The van der Waals surface area contributed by atoms with Gasteiger partial charge in [0.05, 0.1) is 18.1 Å². The fourth-order valence-electron chi connectivity index (χ4n) is 4.75. The molecule has 3 heterocycles. The minimum Gasteiger partial charge on any atom is -0.497 e. The lowest BCUT2D eigenvalue weighted by Gasteiger charge is -2.33. The van der Waals surface area contributed by atoms with Gasteiger partial charge in [0.2, 0.25) is 0 Å². The minimum absolute atomic E-state index is 0.0604. The number of hydrogen-bond donors (Lipinski definition) is 0. The second-order valence-corrected chi connectivity index (χ2v) is 8.63. The summed E-state index contributed by atoms with van der Waals surface area (Å²) in [6.07, 6.45) is 2.48. The normalized spacial score (nSPS) is 14.6. The molecule has 0 bridgehead atoms. The number of rotatable bonds is 7. The molecule has 1 saturated heterocycles. The topological polar surface area (TPSA) is 69.7 Å². The molecule has 1 fully saturated rings. The monoisotopic (exact) mass is 459 g/mol. The van der Waals surface area contributed by atoms with Crippen molar-refractivity contribution in [3.63, 3.8) is 0 Å². The van der Waals surface area contributed by atoms with Crippen LogP contribution in [0.2, 0.25) is 0 Å². The summed E-state index contributed by atoms with van der Waals surface area (Å²) in [6.45, 7) is 1.72. The summed E-state index contributed by atoms with van der Waals surface area (Å²) in [7, 11) is 3.29. The van der Waals surface area contributed by atoms with Crippen molar-refractivity contribution in [3.05, 3.63) is 83.6 Å². The molecule has 0 N–H and O–H groups in total. The van der Waals surface area contributed by atoms with E-state index in [1.165, 1.54) is 5.56 Å². The number of methoxy groups -OCH3 is 2. The highest BCUT2D eigenvalue weighted by Gasteiger charge is 2.28. The fourth-order valence-corrected chi connectivity index (χ4v) is 4.75. The number of furan rings is 1. The number of hydrogen-bond acceptors (Lipinski definition) is 5. The van der Waals surface area contributed by atoms with E-state index in [-0.39, 0.29) is 11.9 Å². The van der Waals surface area contributed by atoms with Gasteiger partial charge in [0, 0.05) is 32.7 Å². The molecule has 4 aromatic rings. The largest absolute Gasteiger partial charge is 0.497 e. The number of para-hydroxylation sites is 2. The molecule has 0 atom stereocenters. The molecule has 1 aliphatic rings. The average Bonchev–Trinajstić information content (AvgIpc) is 3.49. The summed E-state index contributed by atoms with van der Waals surface area (Å²) < 4.78 is 18.4. The molecule has 7 heteroatoms. The smallest absolute Gasteiger partial charge is 0.289 e. The van der Waals surface area contributed by atoms with Crippen LogP contribution in [0.3, 0.4) is 0 Å². The van der Waals surface area contributed by atoms with Crippen molar-refractivity contribution in [2.45, 2.75) is 31.9 Å². The number of likely N-dealkylation sites (tertiary alicyclic amines) is 1. The maximum Gasteiger partial charge on any atom is 0.289 e. The lowest BCUT2D eigenvalue weighted by molar-refractivity contribution is 0.0656. The first kappa shape index (κ1) is 22.2. The molecule has 1 amide bonds. The molecule has 0 saturated carbocycles. The van der Waals surface area contributed by atoms with Crippen molar-refractivity contribution in [3.8, 4) is 5.75 Å². The molecule has 2 aromatic carbocycles. The Bertz CT molecular complexity index is 1270. The van der Waals surface area contributed by atoms with Gasteiger partial charge in [-0.15, -0.1) is 0 Å². The Hall–Kier alpha value is -3.58. The molecule has 2 aromatic heterocycles. The number of fused-ring (bicyclic) bond motifs is 1. The van der Waals surface area contributed by atoms with Gasteiger partial charge in [-0.2, -0.15) is 0 Å². The number of piperidine rings is 1. The van der Waals surface area contributed by atoms with E-state index in [9.17, 15) is 4.79 Å². The zero-order valence-corrected chi connectivity index (χ0v) is 19.6. The van der Waals surface area contributed by atoms with E-state index in [2.05, 4.69) is 34.9 Å². The molecular weight excluding hydrogens is 430 g/mol. The van der Waals surface area contributed by atoms with Crippen LogP contribution >= 0.6 is 0 Å². The lowest BCUT2D eigenvalue weighted by Crippen LogP contribution is -2.39. The van der Waals surface area contributed by atoms with E-state index in [0.717, 1.165) is 41.9 Å². The Balaban J connectivity index is 1.34. The molecule has 0 radical (unpaired) electrons. The summed E-state index contributed by atoms with van der Waals surface area (Å²) in [5, 5.41) is 0. The zero-order valence-electron chi connectivity index (χ0n) is 19.6. The SMILES string of the molecule is COCc1ccc(C(=O)N2CCC(n3c(Cc4ccc(OC)cc4)nc4ccccc43)CC2)o1. The fraction of sp³-hybridized carbons (Fsp3) is 0.333. The van der Waals surface area contributed by atoms with Crippen LogP contribution in [0.4, 0.5) is 0 Å². The first-order valence-corrected chi connectivity index (χ1v) is 11.6. The molecule has 1 aliphatic heterocycles. The minimum atomic E-state index is -0.0604. The Morgan fingerprint density at radius 1 is 1.03 bits per heavy atom. The third-order valence-corrected chi connectivity index (χ3v) is 6.47. The molecule has 0 unspecified atom stereocenters. The van der Waals surface area contributed by atoms with Crippen molar-refractivity contribution in [1.29, 1.82) is 0 Å². The van der Waals surface area contributed by atoms with Crippen LogP contribution in [0.1, 0.15) is 46.6 Å². The van der Waals surface area contributed by atoms with Gasteiger partial charge in [-0.3, -0.25) is 4.79 Å². The van der Waals surface area contributed by atoms with Crippen LogP contribution in [-0.4, -0.2) is 47.7 Å². The van der Waals surface area contributed by atoms with Crippen molar-refractivity contribution in [2.75, 3.05) is 27.3 Å². The summed E-state index contributed by atoms with van der Waals surface area (Å²) in [4.78, 5) is 19.8. The number of carbonyl (C=O) groups is 1. The Kier molecular flexibility index (Phi) is 6.36. The molecule has 0 spiro atoms. The van der Waals surface area contributed by atoms with Crippen molar-refractivity contribution in [1.82, 2.24) is 14.5 Å². The summed E-state index contributed by atoms with van der Waals surface area (Å²) in [6, 6.07) is 20.3. The second-order valence-electron chi connectivity index (χ2n) is 8.63. The summed E-state index contributed by atoms with van der Waals surface area (Å²) >= 11 is 0. The van der Waals surface area contributed by atoms with Crippen molar-refractivity contribution in [2.24, 2.45) is 0 Å². The van der Waals surface area contributed by atoms with Crippen LogP contribution in [-0.2, 0) is 17.8 Å². The number of aromatic nitrogens is 2. The first-order chi connectivity index (χ1) is 16.7. The maximum atomic E-state index is 12.9. The zero-order chi connectivity index (χ0) is 23.5.